The number of nitrogens with zero attached hydrogens (tertiary/aromatic N) is 2. The van der Waals surface area contributed by atoms with E-state index in [-0.39, 0.29) is 11.7 Å². The van der Waals surface area contributed by atoms with Gasteiger partial charge in [-0.25, -0.2) is 0 Å². The quantitative estimate of drug-likeness (QED) is 0.445. The number of Topliss-reactive ketones (excluding diaryl/α,β-unsaturated/α-hetero) is 1. The Hall–Kier alpha value is -3.27. The summed E-state index contributed by atoms with van der Waals surface area (Å²) in [4.78, 5) is 16.5. The molecule has 4 nitrogen and oxygen atoms in total. The second-order valence-corrected chi connectivity index (χ2v) is 7.91. The van der Waals surface area contributed by atoms with Crippen molar-refractivity contribution in [2.24, 2.45) is 0 Å². The van der Waals surface area contributed by atoms with Crippen molar-refractivity contribution in [2.45, 2.75) is 12.8 Å². The molecule has 148 valence electrons. The van der Waals surface area contributed by atoms with Gasteiger partial charge >= 0.3 is 0 Å². The number of ketones is 1. The van der Waals surface area contributed by atoms with Crippen molar-refractivity contribution in [3.05, 3.63) is 82.9 Å². The Morgan fingerprint density at radius 3 is 1.76 bits per heavy atom. The molecule has 1 heterocycles. The zero-order valence-electron chi connectivity index (χ0n) is 17.6. The molecular formula is C25H26N2O2. The average molecular weight is 386 g/mol. The number of rotatable bonds is 4. The van der Waals surface area contributed by atoms with Crippen LogP contribution in [-0.4, -0.2) is 34.0 Å². The summed E-state index contributed by atoms with van der Waals surface area (Å²) in [5.74, 6) is 1.69. The van der Waals surface area contributed by atoms with Crippen molar-refractivity contribution in [1.29, 1.82) is 0 Å². The maximum absolute atomic E-state index is 12.4. The van der Waals surface area contributed by atoms with Crippen LogP contribution in [0, 0.1) is 0 Å². The Kier molecular flexibility index (Phi) is 4.79. The molecule has 0 radical (unpaired) electrons. The molecule has 1 aliphatic rings. The van der Waals surface area contributed by atoms with Crippen LogP contribution in [0.5, 0.6) is 11.5 Å². The molecule has 4 rings (SSSR count). The van der Waals surface area contributed by atoms with Gasteiger partial charge in [0.1, 0.15) is 11.5 Å². The van der Waals surface area contributed by atoms with E-state index < -0.39 is 0 Å². The summed E-state index contributed by atoms with van der Waals surface area (Å²) < 4.78 is 6.37. The summed E-state index contributed by atoms with van der Waals surface area (Å²) in [6.45, 7) is 1.63. The highest BCUT2D eigenvalue weighted by atomic mass is 16.5. The van der Waals surface area contributed by atoms with Crippen molar-refractivity contribution >= 4 is 17.2 Å². The van der Waals surface area contributed by atoms with Gasteiger partial charge in [-0.1, -0.05) is 36.4 Å². The van der Waals surface area contributed by atoms with E-state index in [1.165, 1.54) is 0 Å². The summed E-state index contributed by atoms with van der Waals surface area (Å²) in [6.07, 6.45) is 0. The fourth-order valence-corrected chi connectivity index (χ4v) is 3.95. The minimum absolute atomic E-state index is 0.0544. The minimum atomic E-state index is -0.0544. The Morgan fingerprint density at radius 2 is 1.28 bits per heavy atom. The minimum Gasteiger partial charge on any atom is -0.457 e. The third-order valence-electron chi connectivity index (χ3n) is 5.52. The first-order valence-electron chi connectivity index (χ1n) is 9.77. The lowest BCUT2D eigenvalue weighted by molar-refractivity contribution is 0.101. The Labute approximate surface area is 172 Å². The van der Waals surface area contributed by atoms with Gasteiger partial charge in [-0.15, -0.1) is 0 Å². The van der Waals surface area contributed by atoms with Gasteiger partial charge in [-0.3, -0.25) is 4.79 Å². The van der Waals surface area contributed by atoms with Gasteiger partial charge in [-0.05, 0) is 24.6 Å². The lowest BCUT2D eigenvalue weighted by Gasteiger charge is -2.31. The Morgan fingerprint density at radius 1 is 0.759 bits per heavy atom. The molecule has 3 aromatic carbocycles. The number of anilines is 2. The first kappa shape index (κ1) is 19.1. The zero-order chi connectivity index (χ0) is 20.7. The van der Waals surface area contributed by atoms with Crippen LogP contribution in [0.15, 0.2) is 60.7 Å². The van der Waals surface area contributed by atoms with Gasteiger partial charge in [0.05, 0.1) is 0 Å². The summed E-state index contributed by atoms with van der Waals surface area (Å²) in [5.41, 5.74) is 6.08. The van der Waals surface area contributed by atoms with Gasteiger partial charge < -0.3 is 14.5 Å². The van der Waals surface area contributed by atoms with Gasteiger partial charge in [-0.2, -0.15) is 0 Å². The monoisotopic (exact) mass is 386 g/mol. The van der Waals surface area contributed by atoms with Crippen molar-refractivity contribution in [2.75, 3.05) is 38.0 Å². The van der Waals surface area contributed by atoms with Crippen LogP contribution in [0.25, 0.3) is 0 Å². The molecule has 0 amide bonds. The fraction of sp³-hybridized carbons (Fsp3) is 0.240. The molecule has 0 saturated heterocycles. The van der Waals surface area contributed by atoms with Crippen LogP contribution in [0.2, 0.25) is 0 Å². The Bertz CT molecular complexity index is 1030. The number of carbonyl (C=O) groups is 1. The lowest BCUT2D eigenvalue weighted by atomic mass is 9.80. The van der Waals surface area contributed by atoms with Gasteiger partial charge in [0.2, 0.25) is 0 Å². The highest BCUT2D eigenvalue weighted by molar-refractivity contribution is 5.96. The first-order valence-corrected chi connectivity index (χ1v) is 9.77. The highest BCUT2D eigenvalue weighted by Gasteiger charge is 2.31. The van der Waals surface area contributed by atoms with E-state index in [1.807, 2.05) is 46.4 Å². The molecule has 0 aliphatic carbocycles. The van der Waals surface area contributed by atoms with Crippen LogP contribution in [0.4, 0.5) is 11.4 Å². The molecule has 0 saturated carbocycles. The average Bonchev–Trinajstić information content (AvgIpc) is 2.70. The predicted octanol–water partition coefficient (Wildman–Crippen LogP) is 5.31. The smallest absolute Gasteiger partial charge is 0.160 e. The maximum Gasteiger partial charge on any atom is 0.160 e. The summed E-state index contributed by atoms with van der Waals surface area (Å²) in [5, 5.41) is 0. The van der Waals surface area contributed by atoms with Gasteiger partial charge in [0, 0.05) is 74.3 Å². The van der Waals surface area contributed by atoms with Crippen LogP contribution >= 0.6 is 0 Å². The largest absolute Gasteiger partial charge is 0.457 e. The van der Waals surface area contributed by atoms with Crippen LogP contribution < -0.4 is 14.5 Å². The molecule has 0 spiro atoms. The molecule has 0 N–H and O–H groups in total. The molecule has 0 atom stereocenters. The molecular weight excluding hydrogens is 360 g/mol. The molecule has 3 aromatic rings. The number of carbonyl (C=O) groups excluding carboxylic acids is 1. The first-order chi connectivity index (χ1) is 13.9. The van der Waals surface area contributed by atoms with Crippen molar-refractivity contribution in [3.63, 3.8) is 0 Å². The van der Waals surface area contributed by atoms with Crippen molar-refractivity contribution < 1.29 is 9.53 Å². The van der Waals surface area contributed by atoms with E-state index in [4.69, 9.17) is 4.74 Å². The number of ether oxygens (including phenoxy) is 1. The fourth-order valence-electron chi connectivity index (χ4n) is 3.95. The molecule has 0 fully saturated rings. The molecule has 4 heteroatoms. The number of hydrogen-bond acceptors (Lipinski definition) is 4. The van der Waals surface area contributed by atoms with Crippen LogP contribution in [0.1, 0.15) is 39.9 Å². The van der Waals surface area contributed by atoms with Crippen LogP contribution in [-0.2, 0) is 0 Å². The maximum atomic E-state index is 12.4. The van der Waals surface area contributed by atoms with E-state index in [1.54, 1.807) is 6.92 Å². The van der Waals surface area contributed by atoms with E-state index in [0.29, 0.717) is 0 Å². The third-order valence-corrected chi connectivity index (χ3v) is 5.52. The molecule has 1 aliphatic heterocycles. The number of benzene rings is 3. The number of hydrogen-bond donors (Lipinski definition) is 0. The van der Waals surface area contributed by atoms with E-state index in [9.17, 15) is 4.79 Å². The van der Waals surface area contributed by atoms with E-state index in [2.05, 4.69) is 52.3 Å². The zero-order valence-corrected chi connectivity index (χ0v) is 17.6. The standard InChI is InChI=1S/C25H26N2O2/c1-16(28)19-8-6-7-9-20(19)25-21-12-10-17(26(2)3)14-23(21)29-24-15-18(27(4)5)11-13-22(24)25/h6-15,25H,1-5H3. The van der Waals surface area contributed by atoms with E-state index in [0.717, 1.165) is 45.1 Å². The topological polar surface area (TPSA) is 32.8 Å². The predicted molar refractivity (Wildman–Crippen MR) is 119 cm³/mol. The highest BCUT2D eigenvalue weighted by Crippen LogP contribution is 2.49. The number of fused-ring (bicyclic) bond motifs is 2. The molecule has 0 bridgehead atoms. The lowest BCUT2D eigenvalue weighted by Crippen LogP contribution is -2.17. The van der Waals surface area contributed by atoms with Crippen LogP contribution in [0.3, 0.4) is 0 Å². The Balaban J connectivity index is 1.97. The molecule has 0 aromatic heterocycles. The van der Waals surface area contributed by atoms with E-state index >= 15 is 0 Å². The molecule has 29 heavy (non-hydrogen) atoms. The second kappa shape index (κ2) is 7.28. The van der Waals surface area contributed by atoms with Crippen molar-refractivity contribution in [1.82, 2.24) is 0 Å². The molecule has 0 unspecified atom stereocenters. The van der Waals surface area contributed by atoms with Crippen molar-refractivity contribution in [3.8, 4) is 11.5 Å². The van der Waals surface area contributed by atoms with Gasteiger partial charge in [0.15, 0.2) is 5.78 Å². The van der Waals surface area contributed by atoms with Gasteiger partial charge in [0.25, 0.3) is 0 Å². The normalized spacial score (nSPS) is 12.6. The second-order valence-electron chi connectivity index (χ2n) is 7.91. The third kappa shape index (κ3) is 3.35. The summed E-state index contributed by atoms with van der Waals surface area (Å²) >= 11 is 0. The summed E-state index contributed by atoms with van der Waals surface area (Å²) in [7, 11) is 8.08. The summed E-state index contributed by atoms with van der Waals surface area (Å²) in [6, 6.07) is 20.5. The SMILES string of the molecule is CC(=O)c1ccccc1C1c2ccc(N(C)C)cc2Oc2cc(N(C)C)ccc21.